The second-order valence-electron chi connectivity index (χ2n) is 7.18. The predicted molar refractivity (Wildman–Crippen MR) is 124 cm³/mol. The summed E-state index contributed by atoms with van der Waals surface area (Å²) in [4.78, 5) is 22.5. The van der Waals surface area contributed by atoms with E-state index in [2.05, 4.69) is 22.8 Å². The number of carbonyl (C=O) groups is 2. The Labute approximate surface area is 205 Å². The van der Waals surface area contributed by atoms with Gasteiger partial charge in [-0.3, -0.25) is 14.3 Å². The van der Waals surface area contributed by atoms with Crippen LogP contribution in [0.3, 0.4) is 0 Å². The zero-order chi connectivity index (χ0) is 25.8. The molecule has 0 aromatic heterocycles. The van der Waals surface area contributed by atoms with Gasteiger partial charge in [-0.1, -0.05) is 23.7 Å². The Kier molecular flexibility index (Phi) is 7.78. The van der Waals surface area contributed by atoms with E-state index in [4.69, 9.17) is 11.6 Å². The van der Waals surface area contributed by atoms with Gasteiger partial charge in [0.05, 0.1) is 10.7 Å². The number of phenolic OH excluding ortho intramolecular Hbond substituents is 1. The fraction of sp³-hybridized carbons (Fsp3) is 0.130. The van der Waals surface area contributed by atoms with Gasteiger partial charge in [-0.2, -0.15) is 0 Å². The number of sulfonamides is 1. The summed E-state index contributed by atoms with van der Waals surface area (Å²) < 4.78 is 56.7. The Hall–Kier alpha value is -3.88. The first-order valence-electron chi connectivity index (χ1n) is 9.94. The van der Waals surface area contributed by atoms with E-state index in [0.717, 1.165) is 18.2 Å². The van der Waals surface area contributed by atoms with Crippen LogP contribution >= 0.6 is 11.6 Å². The minimum Gasteiger partial charge on any atom is -0.505 e. The van der Waals surface area contributed by atoms with Gasteiger partial charge in [-0.15, -0.1) is 0 Å². The molecule has 3 aromatic rings. The standard InChI is InChI=1S/C23H18ClF2N3O5S/c1-13(30)27-7-8-28-23(32)15-9-17(24)22(31)21(10-15)35(33,34)29-20-11-16(18(25)12-19(20)26)14-5-3-2-4-6-14/h3,5-6,9-12,29,31H,7-8H2,1H3,(H,27,30)(H,28,32). The Balaban J connectivity index is 1.92. The Bertz CT molecular complexity index is 1390. The number of rotatable bonds is 8. The maximum Gasteiger partial charge on any atom is 0.265 e. The molecule has 3 rings (SSSR count). The van der Waals surface area contributed by atoms with Crippen molar-refractivity contribution in [2.24, 2.45) is 0 Å². The average Bonchev–Trinajstić information content (AvgIpc) is 2.80. The number of anilines is 1. The molecule has 35 heavy (non-hydrogen) atoms. The van der Waals surface area contributed by atoms with Crippen LogP contribution in [0.2, 0.25) is 5.02 Å². The summed E-state index contributed by atoms with van der Waals surface area (Å²) in [6.07, 6.45) is 0. The number of hydrogen-bond donors (Lipinski definition) is 4. The van der Waals surface area contributed by atoms with Crippen molar-refractivity contribution in [3.05, 3.63) is 76.8 Å². The van der Waals surface area contributed by atoms with Crippen LogP contribution in [-0.2, 0) is 14.8 Å². The summed E-state index contributed by atoms with van der Waals surface area (Å²) in [5.41, 5.74) is -0.628. The first kappa shape index (κ1) is 25.7. The lowest BCUT2D eigenvalue weighted by atomic mass is 10.1. The molecule has 0 bridgehead atoms. The first-order valence-corrected chi connectivity index (χ1v) is 11.8. The van der Waals surface area contributed by atoms with E-state index in [9.17, 15) is 31.9 Å². The summed E-state index contributed by atoms with van der Waals surface area (Å²) in [5, 5.41) is 14.7. The highest BCUT2D eigenvalue weighted by Gasteiger charge is 2.25. The predicted octanol–water partition coefficient (Wildman–Crippen LogP) is 3.26. The van der Waals surface area contributed by atoms with Crippen LogP contribution in [0.5, 0.6) is 5.75 Å². The highest BCUT2D eigenvalue weighted by atomic mass is 35.5. The Morgan fingerprint density at radius 1 is 1.06 bits per heavy atom. The molecule has 2 amide bonds. The van der Waals surface area contributed by atoms with E-state index in [1.54, 1.807) is 0 Å². The number of nitrogens with one attached hydrogen (secondary N) is 3. The van der Waals surface area contributed by atoms with E-state index < -0.39 is 48.9 Å². The average molecular weight is 522 g/mol. The third kappa shape index (κ3) is 6.17. The van der Waals surface area contributed by atoms with Crippen LogP contribution in [0.4, 0.5) is 14.5 Å². The lowest BCUT2D eigenvalue weighted by molar-refractivity contribution is -0.118. The Morgan fingerprint density at radius 2 is 1.77 bits per heavy atom. The van der Waals surface area contributed by atoms with E-state index in [0.29, 0.717) is 11.6 Å². The molecule has 0 saturated heterocycles. The fourth-order valence-electron chi connectivity index (χ4n) is 2.99. The van der Waals surface area contributed by atoms with Gasteiger partial charge in [0.2, 0.25) is 5.91 Å². The van der Waals surface area contributed by atoms with Crippen LogP contribution < -0.4 is 15.4 Å². The number of aromatic hydroxyl groups is 1. The van der Waals surface area contributed by atoms with Crippen LogP contribution in [0, 0.1) is 23.8 Å². The molecule has 0 aliphatic carbocycles. The van der Waals surface area contributed by atoms with Crippen molar-refractivity contribution in [1.29, 1.82) is 0 Å². The smallest absolute Gasteiger partial charge is 0.265 e. The van der Waals surface area contributed by atoms with Gasteiger partial charge in [0.15, 0.2) is 5.75 Å². The van der Waals surface area contributed by atoms with Crippen molar-refractivity contribution in [2.45, 2.75) is 11.8 Å². The Morgan fingerprint density at radius 3 is 2.43 bits per heavy atom. The van der Waals surface area contributed by atoms with Gasteiger partial charge in [-0.25, -0.2) is 17.2 Å². The third-order valence-electron chi connectivity index (χ3n) is 4.63. The summed E-state index contributed by atoms with van der Waals surface area (Å²) in [5.74, 6) is -4.05. The van der Waals surface area contributed by atoms with Crippen LogP contribution in [0.1, 0.15) is 17.3 Å². The molecule has 0 aliphatic heterocycles. The number of hydrogen-bond acceptors (Lipinski definition) is 5. The van der Waals surface area contributed by atoms with Crippen molar-refractivity contribution >= 4 is 39.1 Å². The van der Waals surface area contributed by atoms with Crippen molar-refractivity contribution in [3.8, 4) is 16.9 Å². The molecule has 0 fully saturated rings. The molecule has 0 saturated carbocycles. The molecular weight excluding hydrogens is 504 g/mol. The SMILES string of the molecule is CC(=O)NCCNC(=O)c1cc(Cl)c(O)c(S(=O)(=O)Nc2cc(-c3cc#ccc3)c(F)cc2F)c1. The number of amides is 2. The first-order chi connectivity index (χ1) is 16.5. The lowest BCUT2D eigenvalue weighted by Crippen LogP contribution is -2.33. The van der Waals surface area contributed by atoms with Gasteiger partial charge >= 0.3 is 0 Å². The zero-order valence-corrected chi connectivity index (χ0v) is 19.7. The monoisotopic (exact) mass is 521 g/mol. The molecule has 8 nitrogen and oxygen atoms in total. The molecule has 12 heteroatoms. The summed E-state index contributed by atoms with van der Waals surface area (Å²) in [6.45, 7) is 1.47. The molecule has 0 atom stereocenters. The second kappa shape index (κ2) is 10.6. The second-order valence-corrected chi connectivity index (χ2v) is 9.24. The molecule has 0 heterocycles. The number of halogens is 3. The minimum absolute atomic E-state index is 0.0372. The summed E-state index contributed by atoms with van der Waals surface area (Å²) in [6, 6.07) is 12.9. The number of carbonyl (C=O) groups excluding carboxylic acids is 2. The van der Waals surface area contributed by atoms with E-state index in [-0.39, 0.29) is 30.1 Å². The quantitative estimate of drug-likeness (QED) is 0.339. The maximum absolute atomic E-state index is 14.4. The molecule has 0 spiro atoms. The van der Waals surface area contributed by atoms with Crippen molar-refractivity contribution in [3.63, 3.8) is 0 Å². The third-order valence-corrected chi connectivity index (χ3v) is 6.30. The summed E-state index contributed by atoms with van der Waals surface area (Å²) in [7, 11) is -4.69. The van der Waals surface area contributed by atoms with Crippen LogP contribution in [-0.4, -0.2) is 38.4 Å². The molecule has 182 valence electrons. The number of benzene rings is 2. The van der Waals surface area contributed by atoms with Gasteiger partial charge in [0.25, 0.3) is 15.9 Å². The highest BCUT2D eigenvalue weighted by molar-refractivity contribution is 7.92. The minimum atomic E-state index is -4.69. The van der Waals surface area contributed by atoms with Crippen molar-refractivity contribution in [2.75, 3.05) is 17.8 Å². The van der Waals surface area contributed by atoms with Crippen molar-refractivity contribution in [1.82, 2.24) is 10.6 Å². The molecule has 0 aliphatic rings. The van der Waals surface area contributed by atoms with E-state index >= 15 is 0 Å². The normalized spacial score (nSPS) is 10.9. The van der Waals surface area contributed by atoms with Gasteiger partial charge in [-0.05, 0) is 42.0 Å². The van der Waals surface area contributed by atoms with E-state index in [1.165, 1.54) is 25.1 Å². The van der Waals surface area contributed by atoms with Crippen molar-refractivity contribution < 1.29 is 31.9 Å². The largest absolute Gasteiger partial charge is 0.505 e. The zero-order valence-electron chi connectivity index (χ0n) is 18.1. The fourth-order valence-corrected chi connectivity index (χ4v) is 4.47. The van der Waals surface area contributed by atoms with Crippen LogP contribution in [0.15, 0.2) is 47.4 Å². The number of phenols is 1. The molecule has 3 aromatic carbocycles. The van der Waals surface area contributed by atoms with Gasteiger partial charge < -0.3 is 15.7 Å². The van der Waals surface area contributed by atoms with E-state index in [1.807, 2.05) is 4.72 Å². The molecule has 0 unspecified atom stereocenters. The molecule has 4 N–H and O–H groups in total. The van der Waals surface area contributed by atoms with Gasteiger partial charge in [0.1, 0.15) is 16.5 Å². The van der Waals surface area contributed by atoms with Crippen LogP contribution in [0.25, 0.3) is 11.1 Å². The van der Waals surface area contributed by atoms with Gasteiger partial charge in [0, 0.05) is 37.2 Å². The lowest BCUT2D eigenvalue weighted by Gasteiger charge is -2.14. The highest BCUT2D eigenvalue weighted by Crippen LogP contribution is 2.35. The topological polar surface area (TPSA) is 125 Å². The maximum atomic E-state index is 14.4. The molecule has 0 radical (unpaired) electrons. The summed E-state index contributed by atoms with van der Waals surface area (Å²) >= 11 is 5.92. The molecular formula is C23H18ClF2N3O5S.